The third-order valence-electron chi connectivity index (χ3n) is 6.87. The summed E-state index contributed by atoms with van der Waals surface area (Å²) < 4.78 is 1.45. The van der Waals surface area contributed by atoms with Gasteiger partial charge in [-0.2, -0.15) is 14.9 Å². The van der Waals surface area contributed by atoms with Crippen LogP contribution in [0.4, 0.5) is 0 Å². The molecule has 0 aliphatic heterocycles. The molecule has 0 unspecified atom stereocenters. The van der Waals surface area contributed by atoms with Crippen molar-refractivity contribution in [2.75, 3.05) is 0 Å². The minimum absolute atomic E-state index is 0.618. The summed E-state index contributed by atoms with van der Waals surface area (Å²) in [5.41, 5.74) is 9.86. The molecule has 0 amide bonds. The summed E-state index contributed by atoms with van der Waals surface area (Å²) in [6, 6.07) is 9.64. The number of pyridine rings is 1. The van der Waals surface area contributed by atoms with Crippen LogP contribution in [0.15, 0.2) is 136 Å². The van der Waals surface area contributed by atoms with Crippen LogP contribution in [0, 0.1) is 86.6 Å². The maximum atomic E-state index is 10.5. The van der Waals surface area contributed by atoms with Crippen LogP contribution in [0.1, 0.15) is 62.4 Å². The standard InChI is InChI=1S/C7H9N.2C6H8N2.2C5H6N2O.3C5H6N2/c1-6-4-3-5-8-7(6)2;1-5-3-7-4-6(2)8-5;1-5-3-7-6(2)8-4-5;1-5-2-6-4-7(8)3-5;1-5-4-6-2-3-7(5)8;1-5-4-6-2-3-7-5;1-5-2-3-6-4-7-5;1-5-3-2-4-6-7-5/h3-5H,1-2H3;2*3-4H,1-2H3;2*2-4H,1H3;3*2-4H,1H3. The van der Waals surface area contributed by atoms with E-state index in [1.165, 1.54) is 43.0 Å². The molecule has 0 spiro atoms. The third kappa shape index (κ3) is 28.4. The molecule has 0 N–H and O–H groups in total. The molecule has 0 radical (unpaired) electrons. The second kappa shape index (κ2) is 31.3. The van der Waals surface area contributed by atoms with Crippen LogP contribution in [0.5, 0.6) is 0 Å². The predicted octanol–water partition coefficient (Wildman–Crippen LogP) is 6.29. The first kappa shape index (κ1) is 51.3. The summed E-state index contributed by atoms with van der Waals surface area (Å²) in [6.07, 6.45) is 27.6. The van der Waals surface area contributed by atoms with Gasteiger partial charge in [0.2, 0.25) is 5.69 Å². The van der Waals surface area contributed by atoms with Gasteiger partial charge >= 0.3 is 0 Å². The second-order valence-corrected chi connectivity index (χ2v) is 12.7. The predicted molar refractivity (Wildman–Crippen MR) is 233 cm³/mol. The number of hydrogen-bond donors (Lipinski definition) is 0. The van der Waals surface area contributed by atoms with E-state index in [0.717, 1.165) is 55.8 Å². The van der Waals surface area contributed by atoms with Crippen molar-refractivity contribution in [3.8, 4) is 0 Å². The van der Waals surface area contributed by atoms with Crippen molar-refractivity contribution < 1.29 is 9.46 Å². The molecule has 0 bridgehead atoms. The maximum absolute atomic E-state index is 10.5. The summed E-state index contributed by atoms with van der Waals surface area (Å²) in [7, 11) is 0. The molecule has 0 aliphatic rings. The SMILES string of the molecule is Cc1cccnc1C.Cc1cccnn1.Cc1ccncn1.Cc1cnc(C)nc1.Cc1cnc[n+]([O-])c1.Cc1cncc(C)n1.Cc1cncc[n+]1[O-].Cc1cnccn1. The minimum Gasteiger partial charge on any atom is -0.711 e. The van der Waals surface area contributed by atoms with E-state index in [9.17, 15) is 10.4 Å². The van der Waals surface area contributed by atoms with Crippen LogP contribution in [0.2, 0.25) is 0 Å². The number of nitrogens with zero attached hydrogens (tertiary/aromatic N) is 15. The van der Waals surface area contributed by atoms with E-state index in [4.69, 9.17) is 0 Å². The van der Waals surface area contributed by atoms with E-state index in [1.807, 2.05) is 105 Å². The van der Waals surface area contributed by atoms with Crippen molar-refractivity contribution in [1.82, 2.24) is 65.0 Å². The van der Waals surface area contributed by atoms with E-state index in [0.29, 0.717) is 10.4 Å². The van der Waals surface area contributed by atoms with Crippen molar-refractivity contribution in [3.63, 3.8) is 0 Å². The van der Waals surface area contributed by atoms with Gasteiger partial charge in [-0.05, 0) is 105 Å². The van der Waals surface area contributed by atoms with E-state index in [1.54, 1.807) is 56.5 Å². The molecule has 17 heteroatoms. The Morgan fingerprint density at radius 2 is 1.15 bits per heavy atom. The van der Waals surface area contributed by atoms with Crippen molar-refractivity contribution in [2.45, 2.75) is 76.2 Å². The van der Waals surface area contributed by atoms with E-state index < -0.39 is 0 Å². The maximum Gasteiger partial charge on any atom is 0.289 e. The minimum atomic E-state index is 0.618. The normalized spacial score (nSPS) is 9.03. The molecular formula is C44H55N15O2. The highest BCUT2D eigenvalue weighted by atomic mass is 16.5. The van der Waals surface area contributed by atoms with Crippen LogP contribution in [-0.2, 0) is 0 Å². The summed E-state index contributed by atoms with van der Waals surface area (Å²) in [5, 5.41) is 28.2. The smallest absolute Gasteiger partial charge is 0.289 e. The van der Waals surface area contributed by atoms with Gasteiger partial charge in [0, 0.05) is 85.8 Å². The molecule has 8 aromatic rings. The fraction of sp³-hybridized carbons (Fsp3) is 0.250. The van der Waals surface area contributed by atoms with Crippen LogP contribution in [0.3, 0.4) is 0 Å². The van der Waals surface area contributed by atoms with Crippen molar-refractivity contribution in [2.24, 2.45) is 0 Å². The number of aryl methyl sites for hydroxylation is 11. The van der Waals surface area contributed by atoms with Crippen molar-refractivity contribution in [3.05, 3.63) is 209 Å². The van der Waals surface area contributed by atoms with Crippen LogP contribution in [0.25, 0.3) is 0 Å². The molecule has 17 nitrogen and oxygen atoms in total. The quantitative estimate of drug-likeness (QED) is 0.121. The Morgan fingerprint density at radius 1 is 0.475 bits per heavy atom. The Kier molecular flexibility index (Phi) is 26.4. The Balaban J connectivity index is 0.000000349. The zero-order valence-electron chi connectivity index (χ0n) is 36.7. The van der Waals surface area contributed by atoms with Gasteiger partial charge < -0.3 is 10.4 Å². The second-order valence-electron chi connectivity index (χ2n) is 12.7. The van der Waals surface area contributed by atoms with Gasteiger partial charge in [0.05, 0.1) is 41.4 Å². The summed E-state index contributed by atoms with van der Waals surface area (Å²) in [4.78, 5) is 42.7. The molecule has 8 heterocycles. The van der Waals surface area contributed by atoms with Crippen LogP contribution in [-0.4, -0.2) is 65.0 Å². The van der Waals surface area contributed by atoms with Gasteiger partial charge in [0.25, 0.3) is 6.33 Å². The highest BCUT2D eigenvalue weighted by molar-refractivity contribution is 5.15. The Labute approximate surface area is 358 Å². The van der Waals surface area contributed by atoms with E-state index in [-0.39, 0.29) is 0 Å². The summed E-state index contributed by atoms with van der Waals surface area (Å²) >= 11 is 0. The molecule has 0 saturated heterocycles. The van der Waals surface area contributed by atoms with E-state index in [2.05, 4.69) is 78.0 Å². The monoisotopic (exact) mass is 825 g/mol. The van der Waals surface area contributed by atoms with Crippen molar-refractivity contribution in [1.29, 1.82) is 0 Å². The van der Waals surface area contributed by atoms with Crippen LogP contribution >= 0.6 is 0 Å². The fourth-order valence-electron chi connectivity index (χ4n) is 3.63. The van der Waals surface area contributed by atoms with Gasteiger partial charge in [0.15, 0.2) is 6.20 Å². The molecular weight excluding hydrogens is 771 g/mol. The number of rotatable bonds is 0. The first-order chi connectivity index (χ1) is 29.2. The summed E-state index contributed by atoms with van der Waals surface area (Å²) in [5.74, 6) is 0.829. The molecule has 318 valence electrons. The molecule has 0 atom stereocenters. The topological polar surface area (TPSA) is 221 Å². The zero-order valence-corrected chi connectivity index (χ0v) is 36.7. The number of aromatic nitrogens is 15. The Morgan fingerprint density at radius 3 is 1.48 bits per heavy atom. The van der Waals surface area contributed by atoms with Gasteiger partial charge in [-0.3, -0.25) is 29.9 Å². The molecule has 0 aliphatic carbocycles. The highest BCUT2D eigenvalue weighted by Gasteiger charge is 1.91. The summed E-state index contributed by atoms with van der Waals surface area (Å²) in [6.45, 7) is 21.1. The lowest BCUT2D eigenvalue weighted by molar-refractivity contribution is -0.612. The van der Waals surface area contributed by atoms with Crippen molar-refractivity contribution >= 4 is 0 Å². The third-order valence-corrected chi connectivity index (χ3v) is 6.87. The number of hydrogen-bond acceptors (Lipinski definition) is 15. The first-order valence-electron chi connectivity index (χ1n) is 18.7. The highest BCUT2D eigenvalue weighted by Crippen LogP contribution is 1.98. The average Bonchev–Trinajstić information content (AvgIpc) is 3.24. The largest absolute Gasteiger partial charge is 0.711 e. The molecule has 61 heavy (non-hydrogen) atoms. The Hall–Kier alpha value is -7.69. The van der Waals surface area contributed by atoms with Gasteiger partial charge in [-0.1, -0.05) is 11.1 Å². The van der Waals surface area contributed by atoms with Gasteiger partial charge in [-0.15, -0.1) is 0 Å². The lowest BCUT2D eigenvalue weighted by atomic mass is 10.2. The van der Waals surface area contributed by atoms with Crippen LogP contribution < -0.4 is 9.46 Å². The zero-order chi connectivity index (χ0) is 45.3. The molecule has 0 saturated carbocycles. The molecule has 8 aromatic heterocycles. The molecule has 0 fully saturated rings. The average molecular weight is 826 g/mol. The van der Waals surface area contributed by atoms with Gasteiger partial charge in [0.1, 0.15) is 18.3 Å². The molecule has 8 rings (SSSR count). The molecule has 0 aromatic carbocycles. The lowest BCUT2D eigenvalue weighted by Gasteiger charge is -1.95. The fourth-order valence-corrected chi connectivity index (χ4v) is 3.63. The first-order valence-corrected chi connectivity index (χ1v) is 18.7. The lowest BCUT2D eigenvalue weighted by Crippen LogP contribution is -2.28. The Bertz CT molecular complexity index is 2030. The van der Waals surface area contributed by atoms with E-state index >= 15 is 0 Å². The van der Waals surface area contributed by atoms with Gasteiger partial charge in [-0.25, -0.2) is 24.7 Å².